The molecule has 0 saturated carbocycles. The Morgan fingerprint density at radius 1 is 0.500 bits per heavy atom. The second kappa shape index (κ2) is 9.94. The highest BCUT2D eigenvalue weighted by molar-refractivity contribution is 5.63. The van der Waals surface area contributed by atoms with Gasteiger partial charge in [-0.3, -0.25) is 0 Å². The fraction of sp³-hybridized carbons (Fsp3) is 0.118. The van der Waals surface area contributed by atoms with Gasteiger partial charge in [0.25, 0.3) is 0 Å². The number of hydrogen-bond acceptors (Lipinski definition) is 2. The van der Waals surface area contributed by atoms with E-state index in [4.69, 9.17) is 9.47 Å². The Balaban J connectivity index is 1.27. The van der Waals surface area contributed by atoms with Gasteiger partial charge < -0.3 is 9.47 Å². The van der Waals surface area contributed by atoms with Gasteiger partial charge >= 0.3 is 0 Å². The molecule has 1 fully saturated rings. The molecule has 0 radical (unpaired) electrons. The molecule has 5 aromatic carbocycles. The Kier molecular flexibility index (Phi) is 6.21. The Morgan fingerprint density at radius 3 is 1.39 bits per heavy atom. The molecule has 6 rings (SSSR count). The first-order chi connectivity index (χ1) is 17.8. The molecule has 1 aliphatic heterocycles. The van der Waals surface area contributed by atoms with Crippen LogP contribution < -0.4 is 0 Å². The van der Waals surface area contributed by atoms with E-state index in [2.05, 4.69) is 121 Å². The minimum absolute atomic E-state index is 0.0167. The molecule has 5 aromatic rings. The second-order valence-electron chi connectivity index (χ2n) is 9.17. The molecule has 1 saturated heterocycles. The van der Waals surface area contributed by atoms with Gasteiger partial charge in [0.2, 0.25) is 0 Å². The lowest BCUT2D eigenvalue weighted by atomic mass is 9.80. The van der Waals surface area contributed by atoms with Crippen molar-refractivity contribution in [3.8, 4) is 11.1 Å². The van der Waals surface area contributed by atoms with Gasteiger partial charge in [-0.25, -0.2) is 0 Å². The van der Waals surface area contributed by atoms with Crippen molar-refractivity contribution in [2.24, 2.45) is 0 Å². The Hall–Kier alpha value is -3.98. The van der Waals surface area contributed by atoms with Crippen molar-refractivity contribution in [3.05, 3.63) is 168 Å². The van der Waals surface area contributed by atoms with Crippen LogP contribution in [-0.4, -0.2) is 12.7 Å². The van der Waals surface area contributed by atoms with Crippen molar-refractivity contribution in [2.45, 2.75) is 17.8 Å². The molecule has 2 heteroatoms. The van der Waals surface area contributed by atoms with Gasteiger partial charge in [0.15, 0.2) is 0 Å². The summed E-state index contributed by atoms with van der Waals surface area (Å²) in [6.45, 7) is 0.490. The molecule has 2 atom stereocenters. The molecule has 0 aliphatic carbocycles. The standard InChI is InChI=1S/C34H28O2/c1-5-13-26(14-6-1)27-21-23-28(24-22-27)33-32(36-33)25-35-34(29-15-7-2-8-16-29,30-17-9-3-10-18-30)31-19-11-4-12-20-31/h1-24,32-33H,25H2/t32-,33+/m0/s1. The van der Waals surface area contributed by atoms with Gasteiger partial charge in [0, 0.05) is 0 Å². The maximum Gasteiger partial charge on any atom is 0.143 e. The molecular weight excluding hydrogens is 440 g/mol. The molecule has 0 aromatic heterocycles. The Morgan fingerprint density at radius 2 is 0.917 bits per heavy atom. The lowest BCUT2D eigenvalue weighted by Gasteiger charge is -2.35. The van der Waals surface area contributed by atoms with E-state index in [1.807, 2.05) is 24.3 Å². The normalized spacial score (nSPS) is 17.0. The Labute approximate surface area is 212 Å². The lowest BCUT2D eigenvalue weighted by Crippen LogP contribution is -2.34. The topological polar surface area (TPSA) is 21.8 Å². The number of benzene rings is 5. The zero-order valence-electron chi connectivity index (χ0n) is 20.0. The average Bonchev–Trinajstić information content (AvgIpc) is 3.76. The van der Waals surface area contributed by atoms with Crippen molar-refractivity contribution in [3.63, 3.8) is 0 Å². The maximum absolute atomic E-state index is 6.93. The van der Waals surface area contributed by atoms with Crippen LogP contribution in [-0.2, 0) is 15.1 Å². The highest BCUT2D eigenvalue weighted by Gasteiger charge is 2.44. The predicted octanol–water partition coefficient (Wildman–Crippen LogP) is 7.80. The maximum atomic E-state index is 6.93. The van der Waals surface area contributed by atoms with Crippen LogP contribution in [0.3, 0.4) is 0 Å². The summed E-state index contributed by atoms with van der Waals surface area (Å²) >= 11 is 0. The summed E-state index contributed by atoms with van der Waals surface area (Å²) in [5, 5.41) is 0. The van der Waals surface area contributed by atoms with E-state index >= 15 is 0 Å². The molecule has 0 unspecified atom stereocenters. The third-order valence-electron chi connectivity index (χ3n) is 6.93. The number of ether oxygens (including phenoxy) is 2. The summed E-state index contributed by atoms with van der Waals surface area (Å²) in [6.07, 6.45) is 0.0675. The third kappa shape index (κ3) is 4.37. The first-order valence-corrected chi connectivity index (χ1v) is 12.5. The molecule has 0 N–H and O–H groups in total. The van der Waals surface area contributed by atoms with E-state index in [0.717, 1.165) is 16.7 Å². The molecule has 1 heterocycles. The van der Waals surface area contributed by atoms with E-state index in [1.165, 1.54) is 16.7 Å². The molecule has 36 heavy (non-hydrogen) atoms. The van der Waals surface area contributed by atoms with Crippen molar-refractivity contribution in [2.75, 3.05) is 6.61 Å². The van der Waals surface area contributed by atoms with E-state index < -0.39 is 5.60 Å². The van der Waals surface area contributed by atoms with Crippen molar-refractivity contribution in [1.29, 1.82) is 0 Å². The fourth-order valence-electron chi connectivity index (χ4n) is 5.03. The fourth-order valence-corrected chi connectivity index (χ4v) is 5.03. The number of epoxide rings is 1. The summed E-state index contributed by atoms with van der Waals surface area (Å²) in [4.78, 5) is 0. The van der Waals surface area contributed by atoms with Crippen LogP contribution in [0, 0.1) is 0 Å². The van der Waals surface area contributed by atoms with E-state index in [-0.39, 0.29) is 12.2 Å². The summed E-state index contributed by atoms with van der Waals surface area (Å²) in [7, 11) is 0. The summed E-state index contributed by atoms with van der Waals surface area (Å²) < 4.78 is 13.1. The highest BCUT2D eigenvalue weighted by Crippen LogP contribution is 2.44. The van der Waals surface area contributed by atoms with Gasteiger partial charge in [-0.05, 0) is 33.4 Å². The van der Waals surface area contributed by atoms with Gasteiger partial charge in [0.1, 0.15) is 17.8 Å². The SMILES string of the molecule is c1ccc(-c2ccc([C@H]3O[C@H]3COC(c3ccccc3)(c3ccccc3)c3ccccc3)cc2)cc1. The van der Waals surface area contributed by atoms with Crippen LogP contribution in [0.2, 0.25) is 0 Å². The van der Waals surface area contributed by atoms with E-state index in [9.17, 15) is 0 Å². The summed E-state index contributed by atoms with van der Waals surface area (Å²) in [6, 6.07) is 50.6. The van der Waals surface area contributed by atoms with Crippen LogP contribution in [0.25, 0.3) is 11.1 Å². The summed E-state index contributed by atoms with van der Waals surface area (Å²) in [5.41, 5.74) is 6.21. The Bertz CT molecular complexity index is 1290. The lowest BCUT2D eigenvalue weighted by molar-refractivity contribution is 0.00427. The van der Waals surface area contributed by atoms with Gasteiger partial charge in [0.05, 0.1) is 6.61 Å². The van der Waals surface area contributed by atoms with Gasteiger partial charge in [-0.2, -0.15) is 0 Å². The zero-order chi connectivity index (χ0) is 24.2. The average molecular weight is 469 g/mol. The number of hydrogen-bond donors (Lipinski definition) is 0. The van der Waals surface area contributed by atoms with Crippen LogP contribution in [0.5, 0.6) is 0 Å². The van der Waals surface area contributed by atoms with Gasteiger partial charge in [-0.1, -0.05) is 146 Å². The predicted molar refractivity (Wildman–Crippen MR) is 145 cm³/mol. The first kappa shape index (κ1) is 22.5. The molecule has 0 bridgehead atoms. The van der Waals surface area contributed by atoms with Crippen LogP contribution in [0.1, 0.15) is 28.4 Å². The van der Waals surface area contributed by atoms with E-state index in [0.29, 0.717) is 6.61 Å². The van der Waals surface area contributed by atoms with Crippen molar-refractivity contribution < 1.29 is 9.47 Å². The monoisotopic (exact) mass is 468 g/mol. The molecule has 176 valence electrons. The van der Waals surface area contributed by atoms with Gasteiger partial charge in [-0.15, -0.1) is 0 Å². The quantitative estimate of drug-likeness (QED) is 0.171. The molecule has 1 aliphatic rings. The second-order valence-corrected chi connectivity index (χ2v) is 9.17. The minimum atomic E-state index is -0.725. The molecule has 2 nitrogen and oxygen atoms in total. The molecular formula is C34H28O2. The number of rotatable bonds is 8. The first-order valence-electron chi connectivity index (χ1n) is 12.5. The third-order valence-corrected chi connectivity index (χ3v) is 6.93. The largest absolute Gasteiger partial charge is 0.362 e. The molecule has 0 spiro atoms. The van der Waals surface area contributed by atoms with E-state index in [1.54, 1.807) is 0 Å². The highest BCUT2D eigenvalue weighted by atomic mass is 16.6. The minimum Gasteiger partial charge on any atom is -0.362 e. The summed E-state index contributed by atoms with van der Waals surface area (Å²) in [5.74, 6) is 0. The zero-order valence-corrected chi connectivity index (χ0v) is 20.0. The van der Waals surface area contributed by atoms with Crippen molar-refractivity contribution in [1.82, 2.24) is 0 Å². The van der Waals surface area contributed by atoms with Crippen molar-refractivity contribution >= 4 is 0 Å². The van der Waals surface area contributed by atoms with Crippen LogP contribution in [0.4, 0.5) is 0 Å². The molecule has 0 amide bonds. The van der Waals surface area contributed by atoms with Crippen LogP contribution >= 0.6 is 0 Å². The van der Waals surface area contributed by atoms with Crippen LogP contribution in [0.15, 0.2) is 146 Å². The smallest absolute Gasteiger partial charge is 0.143 e.